The van der Waals surface area contributed by atoms with Crippen molar-refractivity contribution >= 4 is 11.8 Å². The first kappa shape index (κ1) is 25.1. The zero-order chi connectivity index (χ0) is 25.2. The molecule has 2 fully saturated rings. The first-order valence-electron chi connectivity index (χ1n) is 13.2. The number of aromatic nitrogens is 1. The van der Waals surface area contributed by atoms with Gasteiger partial charge in [-0.2, -0.15) is 0 Å². The highest BCUT2D eigenvalue weighted by atomic mass is 19.1. The van der Waals surface area contributed by atoms with E-state index in [0.29, 0.717) is 12.2 Å². The van der Waals surface area contributed by atoms with Gasteiger partial charge in [0.1, 0.15) is 23.5 Å². The van der Waals surface area contributed by atoms with Crippen molar-refractivity contribution in [1.29, 1.82) is 0 Å². The molecule has 0 spiro atoms. The van der Waals surface area contributed by atoms with E-state index < -0.39 is 23.6 Å². The normalized spacial score (nSPS) is 22.0. The monoisotopic (exact) mass is 499 g/mol. The first-order valence-corrected chi connectivity index (χ1v) is 13.2. The molecule has 1 atom stereocenters. The number of carboxylic acids is 1. The number of benzene rings is 1. The van der Waals surface area contributed by atoms with Crippen LogP contribution in [-0.4, -0.2) is 53.3 Å². The van der Waals surface area contributed by atoms with Gasteiger partial charge in [0.15, 0.2) is 0 Å². The SMILES string of the molecule is CN(C1CC(OCCCCc2ccc3c(n2)NCCC3)C1)[C@H](C(=O)O)c1cc(F)cc(F)c1C1CC1. The number of unbranched alkanes of at least 4 members (excludes halogenated alkanes) is 1. The van der Waals surface area contributed by atoms with Crippen LogP contribution in [-0.2, 0) is 22.4 Å². The summed E-state index contributed by atoms with van der Waals surface area (Å²) >= 11 is 0. The van der Waals surface area contributed by atoms with Crippen molar-refractivity contribution in [2.75, 3.05) is 25.5 Å². The molecule has 1 aromatic heterocycles. The number of aryl methyl sites for hydroxylation is 2. The van der Waals surface area contributed by atoms with Gasteiger partial charge in [0.05, 0.1) is 6.10 Å². The fourth-order valence-corrected chi connectivity index (χ4v) is 5.54. The second-order valence-corrected chi connectivity index (χ2v) is 10.5. The van der Waals surface area contributed by atoms with Crippen LogP contribution in [0.3, 0.4) is 0 Å². The molecular formula is C28H35F2N3O3. The number of carboxylic acid groups (broad SMARTS) is 1. The van der Waals surface area contributed by atoms with E-state index in [1.165, 1.54) is 11.6 Å². The molecule has 0 saturated heterocycles. The highest BCUT2D eigenvalue weighted by Crippen LogP contribution is 2.46. The first-order chi connectivity index (χ1) is 17.4. The van der Waals surface area contributed by atoms with Crippen LogP contribution in [0.5, 0.6) is 0 Å². The average Bonchev–Trinajstić information content (AvgIpc) is 3.64. The number of ether oxygens (including phenoxy) is 1. The number of carbonyl (C=O) groups is 1. The zero-order valence-corrected chi connectivity index (χ0v) is 20.8. The second kappa shape index (κ2) is 10.8. The molecule has 194 valence electrons. The summed E-state index contributed by atoms with van der Waals surface area (Å²) in [4.78, 5) is 18.7. The van der Waals surface area contributed by atoms with Gasteiger partial charge in [0, 0.05) is 31.0 Å². The van der Waals surface area contributed by atoms with Crippen molar-refractivity contribution in [3.05, 3.63) is 58.3 Å². The molecule has 2 heterocycles. The molecular weight excluding hydrogens is 464 g/mol. The molecule has 36 heavy (non-hydrogen) atoms. The number of nitrogens with zero attached hydrogens (tertiary/aromatic N) is 2. The third-order valence-electron chi connectivity index (χ3n) is 7.83. The van der Waals surface area contributed by atoms with E-state index in [-0.39, 0.29) is 23.6 Å². The number of halogens is 2. The summed E-state index contributed by atoms with van der Waals surface area (Å²) in [6.07, 6.45) is 8.25. The van der Waals surface area contributed by atoms with Gasteiger partial charge in [-0.3, -0.25) is 9.69 Å². The summed E-state index contributed by atoms with van der Waals surface area (Å²) in [5.74, 6) is -1.43. The maximum atomic E-state index is 14.6. The highest BCUT2D eigenvalue weighted by molar-refractivity contribution is 5.76. The van der Waals surface area contributed by atoms with E-state index in [1.807, 2.05) is 0 Å². The Labute approximate surface area is 211 Å². The molecule has 2 aliphatic carbocycles. The molecule has 6 nitrogen and oxygen atoms in total. The highest BCUT2D eigenvalue weighted by Gasteiger charge is 2.41. The third kappa shape index (κ3) is 5.54. The van der Waals surface area contributed by atoms with E-state index in [1.54, 1.807) is 11.9 Å². The Kier molecular flexibility index (Phi) is 7.53. The molecule has 2 N–H and O–H groups in total. The summed E-state index contributed by atoms with van der Waals surface area (Å²) in [6.45, 7) is 1.65. The van der Waals surface area contributed by atoms with Crippen molar-refractivity contribution in [1.82, 2.24) is 9.88 Å². The van der Waals surface area contributed by atoms with Gasteiger partial charge in [0.25, 0.3) is 0 Å². The molecule has 0 amide bonds. The predicted molar refractivity (Wildman–Crippen MR) is 133 cm³/mol. The van der Waals surface area contributed by atoms with Crippen molar-refractivity contribution in [3.8, 4) is 0 Å². The minimum absolute atomic E-state index is 0.00155. The van der Waals surface area contributed by atoms with Crippen LogP contribution in [0.1, 0.15) is 79.3 Å². The van der Waals surface area contributed by atoms with Crippen LogP contribution in [0.4, 0.5) is 14.6 Å². The summed E-state index contributed by atoms with van der Waals surface area (Å²) < 4.78 is 34.6. The number of likely N-dealkylation sites (N-methyl/N-ethyl adjacent to an activating group) is 1. The maximum absolute atomic E-state index is 14.6. The molecule has 0 bridgehead atoms. The quantitative estimate of drug-likeness (QED) is 0.413. The predicted octanol–water partition coefficient (Wildman–Crippen LogP) is 5.22. The molecule has 8 heteroatoms. The van der Waals surface area contributed by atoms with Crippen LogP contribution in [0.15, 0.2) is 24.3 Å². The van der Waals surface area contributed by atoms with Crippen molar-refractivity contribution in [2.45, 2.75) is 81.9 Å². The second-order valence-electron chi connectivity index (χ2n) is 10.5. The molecule has 2 aromatic rings. The summed E-state index contributed by atoms with van der Waals surface area (Å²) in [6, 6.07) is 5.30. The van der Waals surface area contributed by atoms with Gasteiger partial charge >= 0.3 is 5.97 Å². The fraction of sp³-hybridized carbons (Fsp3) is 0.571. The maximum Gasteiger partial charge on any atom is 0.325 e. The van der Waals surface area contributed by atoms with Gasteiger partial charge in [0.2, 0.25) is 0 Å². The smallest absolute Gasteiger partial charge is 0.325 e. The number of rotatable bonds is 11. The van der Waals surface area contributed by atoms with Gasteiger partial charge in [-0.15, -0.1) is 0 Å². The number of pyridine rings is 1. The van der Waals surface area contributed by atoms with E-state index in [0.717, 1.165) is 81.9 Å². The van der Waals surface area contributed by atoms with Crippen LogP contribution in [0.2, 0.25) is 0 Å². The summed E-state index contributed by atoms with van der Waals surface area (Å²) in [5, 5.41) is 13.3. The standard InChI is InChI=1S/C28H35F2N3O3/c1-33(26(28(34)35)23-13-19(29)14-24(30)25(23)17-7-8-17)21-15-22(16-21)36-12-3-2-6-20-10-9-18-5-4-11-31-27(18)32-20/h9-10,13-14,17,21-22,26H,2-8,11-12,15-16H2,1H3,(H,31,32)(H,34,35)/t21?,22?,26-/m0/s1. The van der Waals surface area contributed by atoms with E-state index in [4.69, 9.17) is 9.72 Å². The molecule has 5 rings (SSSR count). The van der Waals surface area contributed by atoms with Crippen molar-refractivity contribution in [3.63, 3.8) is 0 Å². The topological polar surface area (TPSA) is 74.7 Å². The van der Waals surface area contributed by atoms with Crippen LogP contribution in [0.25, 0.3) is 0 Å². The molecule has 0 radical (unpaired) electrons. The lowest BCUT2D eigenvalue weighted by Crippen LogP contribution is -2.49. The molecule has 1 aromatic carbocycles. The Morgan fingerprint density at radius 1 is 1.25 bits per heavy atom. The Balaban J connectivity index is 1.09. The van der Waals surface area contributed by atoms with Gasteiger partial charge < -0.3 is 15.2 Å². The number of hydrogen-bond acceptors (Lipinski definition) is 5. The fourth-order valence-electron chi connectivity index (χ4n) is 5.54. The number of fused-ring (bicyclic) bond motifs is 1. The summed E-state index contributed by atoms with van der Waals surface area (Å²) in [5.41, 5.74) is 3.02. The lowest BCUT2D eigenvalue weighted by Gasteiger charge is -2.43. The van der Waals surface area contributed by atoms with E-state index in [9.17, 15) is 18.7 Å². The zero-order valence-electron chi connectivity index (χ0n) is 20.8. The lowest BCUT2D eigenvalue weighted by atomic mass is 9.85. The van der Waals surface area contributed by atoms with Crippen LogP contribution < -0.4 is 5.32 Å². The Morgan fingerprint density at radius 2 is 2.06 bits per heavy atom. The van der Waals surface area contributed by atoms with Gasteiger partial charge in [-0.25, -0.2) is 13.8 Å². The summed E-state index contributed by atoms with van der Waals surface area (Å²) in [7, 11) is 1.74. The lowest BCUT2D eigenvalue weighted by molar-refractivity contribution is -0.146. The van der Waals surface area contributed by atoms with Crippen molar-refractivity contribution in [2.24, 2.45) is 0 Å². The number of aliphatic carboxylic acids is 1. The van der Waals surface area contributed by atoms with Gasteiger partial charge in [-0.05, 0) is 99.6 Å². The average molecular weight is 500 g/mol. The third-order valence-corrected chi connectivity index (χ3v) is 7.83. The number of anilines is 1. The molecule has 2 saturated carbocycles. The number of hydrogen-bond donors (Lipinski definition) is 2. The van der Waals surface area contributed by atoms with E-state index >= 15 is 0 Å². The number of nitrogens with one attached hydrogen (secondary N) is 1. The largest absolute Gasteiger partial charge is 0.480 e. The minimum atomic E-state index is -1.08. The van der Waals surface area contributed by atoms with E-state index in [2.05, 4.69) is 17.4 Å². The Morgan fingerprint density at radius 3 is 2.81 bits per heavy atom. The Hall–Kier alpha value is -2.58. The van der Waals surface area contributed by atoms with Crippen molar-refractivity contribution < 1.29 is 23.4 Å². The molecule has 0 unspecified atom stereocenters. The van der Waals surface area contributed by atoms with Crippen LogP contribution >= 0.6 is 0 Å². The van der Waals surface area contributed by atoms with Crippen LogP contribution in [0, 0.1) is 11.6 Å². The molecule has 3 aliphatic rings. The van der Waals surface area contributed by atoms with Gasteiger partial charge in [-0.1, -0.05) is 6.07 Å². The minimum Gasteiger partial charge on any atom is -0.480 e. The Bertz CT molecular complexity index is 1100. The molecule has 1 aliphatic heterocycles.